The lowest BCUT2D eigenvalue weighted by molar-refractivity contribution is 0.490. The van der Waals surface area contributed by atoms with E-state index >= 15 is 0 Å². The topological polar surface area (TPSA) is 3.24 Å². The molecule has 0 atom stereocenters. The van der Waals surface area contributed by atoms with E-state index in [0.29, 0.717) is 4.32 Å². The fourth-order valence-corrected chi connectivity index (χ4v) is 0.886. The van der Waals surface area contributed by atoms with Gasteiger partial charge in [0, 0.05) is 13.6 Å². The van der Waals surface area contributed by atoms with E-state index in [-0.39, 0.29) is 0 Å². The van der Waals surface area contributed by atoms with Crippen molar-refractivity contribution in [3.8, 4) is 0 Å². The Morgan fingerprint density at radius 3 is 2.50 bits per heavy atom. The van der Waals surface area contributed by atoms with Gasteiger partial charge in [0.05, 0.1) is 0 Å². The highest BCUT2D eigenvalue weighted by atomic mass is 32.1. The van der Waals surface area contributed by atoms with Gasteiger partial charge in [0.15, 0.2) is 0 Å². The first-order chi connectivity index (χ1) is 4.68. The molecule has 1 nitrogen and oxygen atoms in total. The van der Waals surface area contributed by atoms with Crippen molar-refractivity contribution in [2.24, 2.45) is 0 Å². The molecule has 0 aromatic carbocycles. The summed E-state index contributed by atoms with van der Waals surface area (Å²) in [5.41, 5.74) is 0. The molecule has 0 saturated heterocycles. The fraction of sp³-hybridized carbons (Fsp3) is 0.857. The van der Waals surface area contributed by atoms with E-state index in [1.54, 1.807) is 0 Å². The van der Waals surface area contributed by atoms with Gasteiger partial charge in [0.25, 0.3) is 0 Å². The second-order valence-corrected chi connectivity index (χ2v) is 3.52. The van der Waals surface area contributed by atoms with E-state index in [1.807, 2.05) is 11.9 Å². The van der Waals surface area contributed by atoms with Gasteiger partial charge in [-0.15, -0.1) is 12.6 Å². The van der Waals surface area contributed by atoms with Crippen LogP contribution in [0.3, 0.4) is 0 Å². The van der Waals surface area contributed by atoms with Crippen LogP contribution in [0, 0.1) is 0 Å². The van der Waals surface area contributed by atoms with Crippen LogP contribution in [-0.2, 0) is 0 Å². The molecule has 0 saturated carbocycles. The number of unbranched alkanes of at least 4 members (excludes halogenated alkanes) is 2. The van der Waals surface area contributed by atoms with Crippen molar-refractivity contribution in [1.29, 1.82) is 0 Å². The van der Waals surface area contributed by atoms with Gasteiger partial charge in [-0.2, -0.15) is 0 Å². The summed E-state index contributed by atoms with van der Waals surface area (Å²) in [4.78, 5) is 1.99. The number of thiocarbonyl (C=S) groups is 1. The highest BCUT2D eigenvalue weighted by molar-refractivity contribution is 8.10. The first kappa shape index (κ1) is 10.2. The molecule has 0 aliphatic rings. The predicted molar refractivity (Wildman–Crippen MR) is 53.7 cm³/mol. The van der Waals surface area contributed by atoms with E-state index < -0.39 is 0 Å². The van der Waals surface area contributed by atoms with Crippen molar-refractivity contribution in [3.05, 3.63) is 0 Å². The molecule has 0 amide bonds. The van der Waals surface area contributed by atoms with E-state index in [0.717, 1.165) is 6.54 Å². The van der Waals surface area contributed by atoms with E-state index in [1.165, 1.54) is 19.3 Å². The Morgan fingerprint density at radius 1 is 1.50 bits per heavy atom. The Hall–Kier alpha value is 0.240. The maximum Gasteiger partial charge on any atom is 0.133 e. The molecule has 0 aromatic heterocycles. The summed E-state index contributed by atoms with van der Waals surface area (Å²) in [5, 5.41) is 0. The van der Waals surface area contributed by atoms with Gasteiger partial charge in [-0.3, -0.25) is 0 Å². The SMILES string of the molecule is CCCCCN(C)C(=S)S. The maximum atomic E-state index is 4.86. The summed E-state index contributed by atoms with van der Waals surface area (Å²) in [5.74, 6) is 0. The molecule has 0 fully saturated rings. The van der Waals surface area contributed by atoms with Crippen LogP contribution in [0.15, 0.2) is 0 Å². The van der Waals surface area contributed by atoms with Gasteiger partial charge < -0.3 is 4.90 Å². The number of rotatable bonds is 4. The van der Waals surface area contributed by atoms with Gasteiger partial charge in [-0.1, -0.05) is 32.0 Å². The van der Waals surface area contributed by atoms with Crippen molar-refractivity contribution in [3.63, 3.8) is 0 Å². The lowest BCUT2D eigenvalue weighted by Crippen LogP contribution is -2.21. The molecular weight excluding hydrogens is 162 g/mol. The van der Waals surface area contributed by atoms with Crippen molar-refractivity contribution in [2.75, 3.05) is 13.6 Å². The summed E-state index contributed by atoms with van der Waals surface area (Å²) in [6, 6.07) is 0. The Labute approximate surface area is 74.2 Å². The quantitative estimate of drug-likeness (QED) is 0.399. The minimum absolute atomic E-state index is 0.691. The molecule has 0 unspecified atom stereocenters. The molecular formula is C7H15NS2. The first-order valence-electron chi connectivity index (χ1n) is 3.62. The van der Waals surface area contributed by atoms with E-state index in [4.69, 9.17) is 12.2 Å². The molecule has 0 radical (unpaired) electrons. The van der Waals surface area contributed by atoms with Crippen LogP contribution < -0.4 is 0 Å². The van der Waals surface area contributed by atoms with E-state index in [2.05, 4.69) is 19.6 Å². The molecule has 0 bridgehead atoms. The van der Waals surface area contributed by atoms with Crippen LogP contribution in [0.4, 0.5) is 0 Å². The van der Waals surface area contributed by atoms with E-state index in [9.17, 15) is 0 Å². The highest BCUT2D eigenvalue weighted by Gasteiger charge is 1.96. The average molecular weight is 177 g/mol. The summed E-state index contributed by atoms with van der Waals surface area (Å²) in [6.07, 6.45) is 3.75. The normalized spacial score (nSPS) is 9.50. The van der Waals surface area contributed by atoms with Crippen molar-refractivity contribution in [1.82, 2.24) is 4.90 Å². The molecule has 0 spiro atoms. The van der Waals surface area contributed by atoms with Gasteiger partial charge in [0.1, 0.15) is 4.32 Å². The molecule has 0 rings (SSSR count). The Balaban J connectivity index is 3.21. The molecule has 60 valence electrons. The van der Waals surface area contributed by atoms with Gasteiger partial charge in [-0.05, 0) is 6.42 Å². The lowest BCUT2D eigenvalue weighted by atomic mass is 10.2. The second-order valence-electron chi connectivity index (χ2n) is 2.41. The highest BCUT2D eigenvalue weighted by Crippen LogP contribution is 1.98. The van der Waals surface area contributed by atoms with Crippen LogP contribution >= 0.6 is 24.8 Å². The number of hydrogen-bond donors (Lipinski definition) is 1. The maximum absolute atomic E-state index is 4.86. The van der Waals surface area contributed by atoms with Gasteiger partial charge in [0.2, 0.25) is 0 Å². The molecule has 0 N–H and O–H groups in total. The fourth-order valence-electron chi connectivity index (χ4n) is 0.695. The predicted octanol–water partition coefficient (Wildman–Crippen LogP) is 2.32. The minimum Gasteiger partial charge on any atom is -0.361 e. The summed E-state index contributed by atoms with van der Waals surface area (Å²) >= 11 is 8.91. The van der Waals surface area contributed by atoms with Crippen LogP contribution in [0.5, 0.6) is 0 Å². The minimum atomic E-state index is 0.691. The molecule has 0 heterocycles. The standard InChI is InChI=1S/C7H15NS2/c1-3-4-5-6-8(2)7(9)10/h3-6H2,1-2H3,(H,9,10). The zero-order chi connectivity index (χ0) is 7.98. The summed E-state index contributed by atoms with van der Waals surface area (Å²) in [6.45, 7) is 3.23. The third kappa shape index (κ3) is 5.06. The van der Waals surface area contributed by atoms with Gasteiger partial charge in [-0.25, -0.2) is 0 Å². The van der Waals surface area contributed by atoms with Crippen molar-refractivity contribution in [2.45, 2.75) is 26.2 Å². The van der Waals surface area contributed by atoms with Crippen LogP contribution in [0.2, 0.25) is 0 Å². The number of hydrogen-bond acceptors (Lipinski definition) is 1. The van der Waals surface area contributed by atoms with Gasteiger partial charge >= 0.3 is 0 Å². The summed E-state index contributed by atoms with van der Waals surface area (Å²) in [7, 11) is 1.98. The number of thiol groups is 1. The smallest absolute Gasteiger partial charge is 0.133 e. The third-order valence-corrected chi connectivity index (χ3v) is 2.08. The average Bonchev–Trinajstić information content (AvgIpc) is 1.88. The van der Waals surface area contributed by atoms with Crippen molar-refractivity contribution >= 4 is 29.2 Å². The van der Waals surface area contributed by atoms with Crippen LogP contribution in [-0.4, -0.2) is 22.8 Å². The zero-order valence-corrected chi connectivity index (χ0v) is 8.34. The molecule has 0 aromatic rings. The number of nitrogens with zero attached hydrogens (tertiary/aromatic N) is 1. The lowest BCUT2D eigenvalue weighted by Gasteiger charge is -2.15. The first-order valence-corrected chi connectivity index (χ1v) is 4.48. The van der Waals surface area contributed by atoms with Crippen LogP contribution in [0.1, 0.15) is 26.2 Å². The monoisotopic (exact) mass is 177 g/mol. The molecule has 0 aliphatic carbocycles. The molecule has 10 heavy (non-hydrogen) atoms. The Morgan fingerprint density at radius 2 is 2.10 bits per heavy atom. The molecule has 3 heteroatoms. The zero-order valence-electron chi connectivity index (χ0n) is 6.63. The second kappa shape index (κ2) is 5.98. The van der Waals surface area contributed by atoms with Crippen molar-refractivity contribution < 1.29 is 0 Å². The summed E-state index contributed by atoms with van der Waals surface area (Å²) < 4.78 is 0.691. The molecule has 0 aliphatic heterocycles. The Bertz CT molecular complexity index is 104. The van der Waals surface area contributed by atoms with Crippen LogP contribution in [0.25, 0.3) is 0 Å². The largest absolute Gasteiger partial charge is 0.361 e. The third-order valence-electron chi connectivity index (χ3n) is 1.42. The Kier molecular flexibility index (Phi) is 6.13.